The summed E-state index contributed by atoms with van der Waals surface area (Å²) in [6.45, 7) is 1.68. The van der Waals surface area contributed by atoms with Gasteiger partial charge in [0, 0.05) is 10.9 Å². The first-order valence-electron chi connectivity index (χ1n) is 8.73. The fourth-order valence-electron chi connectivity index (χ4n) is 2.99. The van der Waals surface area contributed by atoms with Gasteiger partial charge in [0.15, 0.2) is 0 Å². The van der Waals surface area contributed by atoms with E-state index < -0.39 is 11.8 Å². The number of nitrogens with zero attached hydrogens (tertiary/aromatic N) is 1. The van der Waals surface area contributed by atoms with Crippen LogP contribution in [0.4, 0.5) is 0 Å². The highest BCUT2D eigenvalue weighted by atomic mass is 16.3. The van der Waals surface area contributed by atoms with Crippen LogP contribution in [0, 0.1) is 6.92 Å². The number of pyridine rings is 1. The number of fused-ring (bicyclic) bond motifs is 1. The van der Waals surface area contributed by atoms with E-state index in [9.17, 15) is 9.59 Å². The number of carbonyl (C=O) groups is 2. The third-order valence-electron chi connectivity index (χ3n) is 4.42. The molecule has 0 bridgehead atoms. The molecule has 0 aliphatic carbocycles. The molecule has 6 heteroatoms. The van der Waals surface area contributed by atoms with E-state index in [4.69, 9.17) is 4.42 Å². The number of hydrazine groups is 1. The molecule has 2 aromatic heterocycles. The maximum absolute atomic E-state index is 12.8. The first-order valence-corrected chi connectivity index (χ1v) is 8.73. The Morgan fingerprint density at radius 2 is 1.54 bits per heavy atom. The number of para-hydroxylation sites is 1. The Kier molecular flexibility index (Phi) is 4.60. The number of amides is 2. The topological polar surface area (TPSA) is 84.2 Å². The van der Waals surface area contributed by atoms with E-state index in [0.717, 1.165) is 5.56 Å². The summed E-state index contributed by atoms with van der Waals surface area (Å²) < 4.78 is 5.12. The molecule has 28 heavy (non-hydrogen) atoms. The van der Waals surface area contributed by atoms with Crippen LogP contribution >= 0.6 is 0 Å². The predicted molar refractivity (Wildman–Crippen MR) is 106 cm³/mol. The van der Waals surface area contributed by atoms with Crippen LogP contribution in [0.2, 0.25) is 0 Å². The third kappa shape index (κ3) is 3.35. The van der Waals surface area contributed by atoms with Gasteiger partial charge in [0.2, 0.25) is 0 Å². The fourth-order valence-corrected chi connectivity index (χ4v) is 2.99. The Balaban J connectivity index is 1.66. The minimum absolute atomic E-state index is 0.366. The summed E-state index contributed by atoms with van der Waals surface area (Å²) in [6, 6.07) is 20.3. The lowest BCUT2D eigenvalue weighted by Gasteiger charge is -2.11. The van der Waals surface area contributed by atoms with Crippen molar-refractivity contribution in [3.63, 3.8) is 0 Å². The second-order valence-electron chi connectivity index (χ2n) is 6.24. The summed E-state index contributed by atoms with van der Waals surface area (Å²) in [5.74, 6) is -0.390. The second kappa shape index (κ2) is 7.36. The molecule has 0 saturated heterocycles. The van der Waals surface area contributed by atoms with E-state index in [2.05, 4.69) is 15.8 Å². The van der Waals surface area contributed by atoms with E-state index in [0.29, 0.717) is 33.5 Å². The highest BCUT2D eigenvalue weighted by Crippen LogP contribution is 2.24. The van der Waals surface area contributed by atoms with Crippen molar-refractivity contribution in [2.24, 2.45) is 0 Å². The van der Waals surface area contributed by atoms with E-state index in [1.165, 1.54) is 6.26 Å². The van der Waals surface area contributed by atoms with Crippen molar-refractivity contribution >= 4 is 22.7 Å². The molecule has 2 aromatic carbocycles. The molecule has 2 amide bonds. The van der Waals surface area contributed by atoms with Gasteiger partial charge in [0.1, 0.15) is 5.76 Å². The fraction of sp³-hybridized carbons (Fsp3) is 0.0455. The molecule has 4 rings (SSSR count). The number of hydrogen-bond donors (Lipinski definition) is 2. The second-order valence-corrected chi connectivity index (χ2v) is 6.24. The Morgan fingerprint density at radius 1 is 0.857 bits per heavy atom. The quantitative estimate of drug-likeness (QED) is 0.535. The molecule has 0 aliphatic heterocycles. The van der Waals surface area contributed by atoms with Crippen molar-refractivity contribution in [3.05, 3.63) is 89.9 Å². The maximum atomic E-state index is 12.8. The van der Waals surface area contributed by atoms with Crippen LogP contribution in [-0.4, -0.2) is 16.8 Å². The molecular formula is C22H17N3O3. The molecule has 0 saturated carbocycles. The molecule has 0 atom stereocenters. The van der Waals surface area contributed by atoms with Crippen LogP contribution in [-0.2, 0) is 0 Å². The maximum Gasteiger partial charge on any atom is 0.273 e. The van der Waals surface area contributed by atoms with E-state index in [-0.39, 0.29) is 0 Å². The van der Waals surface area contributed by atoms with Gasteiger partial charge in [-0.1, -0.05) is 48.5 Å². The molecule has 2 heterocycles. The van der Waals surface area contributed by atoms with Gasteiger partial charge < -0.3 is 4.42 Å². The van der Waals surface area contributed by atoms with Gasteiger partial charge in [-0.3, -0.25) is 20.4 Å². The van der Waals surface area contributed by atoms with Gasteiger partial charge in [0.05, 0.1) is 28.6 Å². The molecule has 138 valence electrons. The smallest absolute Gasteiger partial charge is 0.273 e. The van der Waals surface area contributed by atoms with Crippen molar-refractivity contribution in [1.29, 1.82) is 0 Å². The van der Waals surface area contributed by atoms with Crippen LogP contribution in [0.5, 0.6) is 0 Å². The molecule has 0 fully saturated rings. The molecule has 0 aliphatic rings. The highest BCUT2D eigenvalue weighted by Gasteiger charge is 2.16. The van der Waals surface area contributed by atoms with Crippen molar-refractivity contribution in [2.45, 2.75) is 6.92 Å². The summed E-state index contributed by atoms with van der Waals surface area (Å²) >= 11 is 0. The van der Waals surface area contributed by atoms with Crippen molar-refractivity contribution in [3.8, 4) is 11.3 Å². The highest BCUT2D eigenvalue weighted by molar-refractivity contribution is 6.08. The summed E-state index contributed by atoms with van der Waals surface area (Å²) in [5, 5.41) is 0.702. The molecule has 0 unspecified atom stereocenters. The first-order chi connectivity index (χ1) is 13.6. The molecule has 6 nitrogen and oxygen atoms in total. The average Bonchev–Trinajstić information content (AvgIpc) is 3.17. The molecular weight excluding hydrogens is 354 g/mol. The predicted octanol–water partition coefficient (Wildman–Crippen LogP) is 3.88. The summed E-state index contributed by atoms with van der Waals surface area (Å²) in [7, 11) is 0. The summed E-state index contributed by atoms with van der Waals surface area (Å²) in [5.41, 5.74) is 7.98. The van der Waals surface area contributed by atoms with Crippen molar-refractivity contribution in [2.75, 3.05) is 0 Å². The first kappa shape index (κ1) is 17.5. The number of aromatic nitrogens is 1. The van der Waals surface area contributed by atoms with Crippen molar-refractivity contribution in [1.82, 2.24) is 15.8 Å². The number of carbonyl (C=O) groups excluding carboxylic acids is 2. The van der Waals surface area contributed by atoms with Crippen LogP contribution in [0.25, 0.3) is 22.2 Å². The minimum atomic E-state index is -0.443. The largest absolute Gasteiger partial charge is 0.469 e. The third-order valence-corrected chi connectivity index (χ3v) is 4.42. The molecule has 2 N–H and O–H groups in total. The lowest BCUT2D eigenvalue weighted by atomic mass is 10.0. The van der Waals surface area contributed by atoms with Crippen LogP contribution in [0.3, 0.4) is 0 Å². The van der Waals surface area contributed by atoms with Crippen LogP contribution in [0.1, 0.15) is 26.5 Å². The van der Waals surface area contributed by atoms with E-state index in [1.807, 2.05) is 54.6 Å². The lowest BCUT2D eigenvalue weighted by molar-refractivity contribution is 0.0846. The summed E-state index contributed by atoms with van der Waals surface area (Å²) in [6.07, 6.45) is 1.43. The number of nitrogens with one attached hydrogen (secondary N) is 2. The van der Waals surface area contributed by atoms with Gasteiger partial charge in [-0.05, 0) is 25.1 Å². The Bertz CT molecular complexity index is 1170. The molecule has 0 radical (unpaired) electrons. The number of furan rings is 1. The van der Waals surface area contributed by atoms with Gasteiger partial charge in [-0.25, -0.2) is 4.98 Å². The average molecular weight is 371 g/mol. The van der Waals surface area contributed by atoms with E-state index >= 15 is 0 Å². The van der Waals surface area contributed by atoms with Crippen LogP contribution in [0.15, 0.2) is 77.4 Å². The standard InChI is InChI=1S/C22H17N3O3/c1-14-16(11-12-28-14)21(26)24-25-22(27)18-13-20(15-7-3-2-4-8-15)23-19-10-6-5-9-17(18)19/h2-13H,1H3,(H,24,26)(H,25,27). The van der Waals surface area contributed by atoms with Crippen molar-refractivity contribution < 1.29 is 14.0 Å². The number of rotatable bonds is 3. The number of hydrogen-bond acceptors (Lipinski definition) is 4. The van der Waals surface area contributed by atoms with E-state index in [1.54, 1.807) is 19.1 Å². The Labute approximate surface area is 161 Å². The zero-order chi connectivity index (χ0) is 19.5. The normalized spacial score (nSPS) is 10.6. The Hall–Kier alpha value is -3.93. The zero-order valence-corrected chi connectivity index (χ0v) is 15.1. The zero-order valence-electron chi connectivity index (χ0n) is 15.1. The van der Waals surface area contributed by atoms with Gasteiger partial charge >= 0.3 is 0 Å². The number of benzene rings is 2. The molecule has 4 aromatic rings. The Morgan fingerprint density at radius 3 is 2.25 bits per heavy atom. The lowest BCUT2D eigenvalue weighted by Crippen LogP contribution is -2.41. The molecule has 0 spiro atoms. The van der Waals surface area contributed by atoms with Gasteiger partial charge in [-0.2, -0.15) is 0 Å². The number of aryl methyl sites for hydroxylation is 1. The monoisotopic (exact) mass is 371 g/mol. The van der Waals surface area contributed by atoms with Crippen LogP contribution < -0.4 is 10.9 Å². The van der Waals surface area contributed by atoms with Gasteiger partial charge in [0.25, 0.3) is 11.8 Å². The van der Waals surface area contributed by atoms with Gasteiger partial charge in [-0.15, -0.1) is 0 Å². The summed E-state index contributed by atoms with van der Waals surface area (Å²) in [4.78, 5) is 29.7. The minimum Gasteiger partial charge on any atom is -0.469 e. The SMILES string of the molecule is Cc1occc1C(=O)NNC(=O)c1cc(-c2ccccc2)nc2ccccc12.